The van der Waals surface area contributed by atoms with Crippen LogP contribution in [0.5, 0.6) is 11.5 Å². The third-order valence-electron chi connectivity index (χ3n) is 4.35. The largest absolute Gasteiger partial charge is 0.493 e. The van der Waals surface area contributed by atoms with Crippen molar-refractivity contribution in [1.82, 2.24) is 5.32 Å². The van der Waals surface area contributed by atoms with Gasteiger partial charge in [-0.15, -0.1) is 0 Å². The molecule has 7 heteroatoms. The van der Waals surface area contributed by atoms with E-state index in [0.717, 1.165) is 25.7 Å². The minimum absolute atomic E-state index is 0.107. The van der Waals surface area contributed by atoms with Crippen molar-refractivity contribution >= 4 is 5.97 Å². The Morgan fingerprint density at radius 2 is 1.96 bits per heavy atom. The highest BCUT2D eigenvalue weighted by molar-refractivity contribution is 5.90. The Morgan fingerprint density at radius 1 is 1.24 bits per heavy atom. The normalized spacial score (nSPS) is 21.4. The Kier molecular flexibility index (Phi) is 7.49. The highest BCUT2D eigenvalue weighted by Gasteiger charge is 2.20. The molecule has 3 N–H and O–H groups in total. The lowest BCUT2D eigenvalue weighted by molar-refractivity contribution is 0.0599. The summed E-state index contributed by atoms with van der Waals surface area (Å²) in [5.74, 6) is 0.408. The first-order valence-corrected chi connectivity index (χ1v) is 8.52. The van der Waals surface area contributed by atoms with Gasteiger partial charge in [-0.05, 0) is 43.9 Å². The third-order valence-corrected chi connectivity index (χ3v) is 4.35. The van der Waals surface area contributed by atoms with E-state index in [1.807, 2.05) is 0 Å². The zero-order valence-corrected chi connectivity index (χ0v) is 14.7. The molecule has 0 radical (unpaired) electrons. The maximum atomic E-state index is 11.5. The molecule has 1 saturated carbocycles. The van der Waals surface area contributed by atoms with Gasteiger partial charge in [0.05, 0.1) is 25.9 Å². The highest BCUT2D eigenvalue weighted by Crippen LogP contribution is 2.28. The Hall–Kier alpha value is -1.83. The van der Waals surface area contributed by atoms with Crippen LogP contribution >= 0.6 is 0 Å². The second kappa shape index (κ2) is 9.60. The van der Waals surface area contributed by atoms with Gasteiger partial charge in [-0.1, -0.05) is 0 Å². The smallest absolute Gasteiger partial charge is 0.337 e. The summed E-state index contributed by atoms with van der Waals surface area (Å²) in [5, 5.41) is 22.9. The van der Waals surface area contributed by atoms with E-state index in [1.165, 1.54) is 14.2 Å². The summed E-state index contributed by atoms with van der Waals surface area (Å²) in [5.41, 5.74) is 0.369. The van der Waals surface area contributed by atoms with Crippen molar-refractivity contribution in [3.05, 3.63) is 23.8 Å². The molecule has 0 saturated heterocycles. The predicted molar refractivity (Wildman–Crippen MR) is 92.1 cm³/mol. The number of carbonyl (C=O) groups is 1. The van der Waals surface area contributed by atoms with E-state index in [4.69, 9.17) is 9.47 Å². The first kappa shape index (κ1) is 19.5. The number of hydrogen-bond acceptors (Lipinski definition) is 7. The van der Waals surface area contributed by atoms with Crippen molar-refractivity contribution in [2.45, 2.75) is 43.9 Å². The molecule has 0 heterocycles. The number of benzene rings is 1. The molecule has 1 aliphatic carbocycles. The van der Waals surface area contributed by atoms with Gasteiger partial charge in [0.2, 0.25) is 0 Å². The fourth-order valence-corrected chi connectivity index (χ4v) is 2.86. The first-order valence-electron chi connectivity index (χ1n) is 8.52. The molecule has 0 bridgehead atoms. The summed E-state index contributed by atoms with van der Waals surface area (Å²) in [7, 11) is 2.80. The molecular weight excluding hydrogens is 326 g/mol. The molecular formula is C18H27NO6. The summed E-state index contributed by atoms with van der Waals surface area (Å²) in [4.78, 5) is 11.5. The van der Waals surface area contributed by atoms with Gasteiger partial charge < -0.3 is 29.7 Å². The molecule has 1 aliphatic rings. The maximum absolute atomic E-state index is 11.5. The van der Waals surface area contributed by atoms with Gasteiger partial charge in [0.25, 0.3) is 0 Å². The van der Waals surface area contributed by atoms with Crippen LogP contribution in [-0.2, 0) is 4.74 Å². The zero-order valence-electron chi connectivity index (χ0n) is 14.7. The first-order chi connectivity index (χ1) is 12.0. The lowest BCUT2D eigenvalue weighted by Gasteiger charge is -2.27. The van der Waals surface area contributed by atoms with Crippen LogP contribution in [-0.4, -0.2) is 61.8 Å². The fraction of sp³-hybridized carbons (Fsp3) is 0.611. The lowest BCUT2D eigenvalue weighted by atomic mass is 9.93. The van der Waals surface area contributed by atoms with Crippen LogP contribution in [0.1, 0.15) is 36.0 Å². The highest BCUT2D eigenvalue weighted by atomic mass is 16.5. The van der Waals surface area contributed by atoms with Gasteiger partial charge in [-0.2, -0.15) is 0 Å². The van der Waals surface area contributed by atoms with Crippen molar-refractivity contribution < 1.29 is 29.2 Å². The number of ether oxygens (including phenoxy) is 3. The summed E-state index contributed by atoms with van der Waals surface area (Å²) in [6, 6.07) is 5.07. The molecule has 1 atom stereocenters. The molecule has 140 valence electrons. The van der Waals surface area contributed by atoms with Crippen LogP contribution in [0.4, 0.5) is 0 Å². The van der Waals surface area contributed by atoms with E-state index >= 15 is 0 Å². The third kappa shape index (κ3) is 5.88. The fourth-order valence-electron chi connectivity index (χ4n) is 2.86. The quantitative estimate of drug-likeness (QED) is 0.603. The van der Waals surface area contributed by atoms with Crippen LogP contribution in [0.3, 0.4) is 0 Å². The average Bonchev–Trinajstić information content (AvgIpc) is 2.65. The van der Waals surface area contributed by atoms with Crippen molar-refractivity contribution in [1.29, 1.82) is 0 Å². The minimum atomic E-state index is -0.670. The minimum Gasteiger partial charge on any atom is -0.493 e. The monoisotopic (exact) mass is 353 g/mol. The van der Waals surface area contributed by atoms with Crippen LogP contribution in [0, 0.1) is 0 Å². The topological polar surface area (TPSA) is 97.3 Å². The molecule has 1 fully saturated rings. The number of aliphatic hydroxyl groups excluding tert-OH is 2. The molecule has 7 nitrogen and oxygen atoms in total. The Morgan fingerprint density at radius 3 is 2.60 bits per heavy atom. The second-order valence-corrected chi connectivity index (χ2v) is 6.24. The van der Waals surface area contributed by atoms with Gasteiger partial charge in [-0.25, -0.2) is 4.79 Å². The number of hydrogen-bond donors (Lipinski definition) is 3. The van der Waals surface area contributed by atoms with E-state index in [9.17, 15) is 15.0 Å². The van der Waals surface area contributed by atoms with E-state index in [1.54, 1.807) is 18.2 Å². The SMILES string of the molecule is COC(=O)c1ccc(OCC(O)CNC2CCC(O)CC2)c(OC)c1. The van der Waals surface area contributed by atoms with Gasteiger partial charge in [0.1, 0.15) is 12.7 Å². The van der Waals surface area contributed by atoms with E-state index in [2.05, 4.69) is 10.1 Å². The maximum Gasteiger partial charge on any atom is 0.337 e. The second-order valence-electron chi connectivity index (χ2n) is 6.24. The molecule has 1 aromatic carbocycles. The summed E-state index contributed by atoms with van der Waals surface area (Å²) < 4.78 is 15.5. The van der Waals surface area contributed by atoms with Crippen LogP contribution in [0.15, 0.2) is 18.2 Å². The molecule has 1 aromatic rings. The number of carbonyl (C=O) groups excluding carboxylic acids is 1. The summed E-state index contributed by atoms with van der Waals surface area (Å²) in [6.07, 6.45) is 2.57. The van der Waals surface area contributed by atoms with E-state index < -0.39 is 12.1 Å². The van der Waals surface area contributed by atoms with E-state index in [-0.39, 0.29) is 12.7 Å². The Bertz CT molecular complexity index is 556. The Labute approximate surface area is 147 Å². The molecule has 1 unspecified atom stereocenters. The summed E-state index contributed by atoms with van der Waals surface area (Å²) >= 11 is 0. The van der Waals surface area contributed by atoms with Gasteiger partial charge in [-0.3, -0.25) is 0 Å². The standard InChI is InChI=1S/C18H27NO6/c1-23-17-9-12(18(22)24-2)3-8-16(17)25-11-15(21)10-19-13-4-6-14(20)7-5-13/h3,8-9,13-15,19-21H,4-7,10-11H2,1-2H3. The van der Waals surface area contributed by atoms with E-state index in [0.29, 0.717) is 29.6 Å². The molecule has 0 amide bonds. The zero-order chi connectivity index (χ0) is 18.2. The van der Waals surface area contributed by atoms with Crippen molar-refractivity contribution in [2.24, 2.45) is 0 Å². The van der Waals surface area contributed by atoms with Gasteiger partial charge in [0.15, 0.2) is 11.5 Å². The predicted octanol–water partition coefficient (Wildman–Crippen LogP) is 1.11. The molecule has 0 aliphatic heterocycles. The number of aliphatic hydroxyl groups is 2. The van der Waals surface area contributed by atoms with Crippen LogP contribution < -0.4 is 14.8 Å². The molecule has 25 heavy (non-hydrogen) atoms. The lowest BCUT2D eigenvalue weighted by Crippen LogP contribution is -2.40. The molecule has 0 aromatic heterocycles. The number of methoxy groups -OCH3 is 2. The molecule has 0 spiro atoms. The Balaban J connectivity index is 1.80. The number of nitrogens with one attached hydrogen (secondary N) is 1. The van der Waals surface area contributed by atoms with Crippen molar-refractivity contribution in [3.8, 4) is 11.5 Å². The van der Waals surface area contributed by atoms with Crippen molar-refractivity contribution in [2.75, 3.05) is 27.4 Å². The number of esters is 1. The van der Waals surface area contributed by atoms with Crippen LogP contribution in [0.2, 0.25) is 0 Å². The van der Waals surface area contributed by atoms with Gasteiger partial charge >= 0.3 is 5.97 Å². The summed E-state index contributed by atoms with van der Waals surface area (Å²) in [6.45, 7) is 0.527. The molecule has 2 rings (SSSR count). The average molecular weight is 353 g/mol. The van der Waals surface area contributed by atoms with Crippen LogP contribution in [0.25, 0.3) is 0 Å². The van der Waals surface area contributed by atoms with Crippen molar-refractivity contribution in [3.63, 3.8) is 0 Å². The number of rotatable bonds is 8. The van der Waals surface area contributed by atoms with Gasteiger partial charge in [0, 0.05) is 12.6 Å².